The van der Waals surface area contributed by atoms with E-state index in [0.29, 0.717) is 0 Å². The monoisotopic (exact) mass is 491 g/mol. The fraction of sp³-hybridized carbons (Fsp3) is 0.938. The van der Waals surface area contributed by atoms with E-state index in [2.05, 4.69) is 0 Å². The van der Waals surface area contributed by atoms with E-state index >= 15 is 0 Å². The lowest BCUT2D eigenvalue weighted by Gasteiger charge is -2.47. The molecule has 4 unspecified atom stereocenters. The first-order chi connectivity index (χ1) is 14.6. The first kappa shape index (κ1) is 27.2. The van der Waals surface area contributed by atoms with Gasteiger partial charge in [-0.2, -0.15) is 13.1 Å². The molecule has 0 aliphatic carbocycles. The molecule has 188 valence electrons. The zero-order valence-corrected chi connectivity index (χ0v) is 18.2. The lowest BCUT2D eigenvalue weighted by atomic mass is 9.95. The van der Waals surface area contributed by atoms with Crippen molar-refractivity contribution in [2.24, 2.45) is 0 Å². The van der Waals surface area contributed by atoms with Gasteiger partial charge in [-0.15, -0.1) is 0 Å². The number of rotatable bonds is 7. The smallest absolute Gasteiger partial charge is 0.335 e. The van der Waals surface area contributed by atoms with Crippen LogP contribution in [0.25, 0.3) is 0 Å². The molecule has 0 radical (unpaired) electrons. The summed E-state index contributed by atoms with van der Waals surface area (Å²) >= 11 is 0. The maximum atomic E-state index is 11.7. The van der Waals surface area contributed by atoms with Crippen LogP contribution in [0.2, 0.25) is 0 Å². The molecule has 10 atom stereocenters. The van der Waals surface area contributed by atoms with Crippen LogP contribution < -0.4 is 4.72 Å². The highest BCUT2D eigenvalue weighted by molar-refractivity contribution is 7.83. The Hall–Kier alpha value is -1.02. The Kier molecular flexibility index (Phi) is 8.58. The fourth-order valence-corrected chi connectivity index (χ4v) is 3.99. The Morgan fingerprint density at radius 1 is 1.03 bits per heavy atom. The van der Waals surface area contributed by atoms with E-state index in [4.69, 9.17) is 23.5 Å². The molecule has 8 N–H and O–H groups in total. The highest BCUT2D eigenvalue weighted by atomic mass is 32.2. The van der Waals surface area contributed by atoms with Crippen LogP contribution in [-0.2, 0) is 34.0 Å². The number of carboxylic acid groups (broad SMARTS) is 1. The van der Waals surface area contributed by atoms with Crippen LogP contribution in [0, 0.1) is 0 Å². The van der Waals surface area contributed by atoms with Crippen LogP contribution in [0.5, 0.6) is 0 Å². The molecule has 16 heteroatoms. The van der Waals surface area contributed by atoms with Crippen molar-refractivity contribution in [3.63, 3.8) is 0 Å². The number of carboxylic acids is 1. The molecule has 32 heavy (non-hydrogen) atoms. The van der Waals surface area contributed by atoms with Gasteiger partial charge in [-0.1, -0.05) is 0 Å². The van der Waals surface area contributed by atoms with Gasteiger partial charge in [0.1, 0.15) is 42.7 Å². The lowest BCUT2D eigenvalue weighted by Crippen LogP contribution is -2.67. The molecular formula is C16H29NO14S. The molecule has 0 aromatic heterocycles. The van der Waals surface area contributed by atoms with Crippen molar-refractivity contribution in [3.8, 4) is 0 Å². The predicted octanol–water partition coefficient (Wildman–Crippen LogP) is -4.08. The van der Waals surface area contributed by atoms with Crippen molar-refractivity contribution in [3.05, 3.63) is 0 Å². The largest absolute Gasteiger partial charge is 0.479 e. The summed E-state index contributed by atoms with van der Waals surface area (Å²) in [6, 6.07) is -1.87. The lowest BCUT2D eigenvalue weighted by molar-refractivity contribution is -0.347. The van der Waals surface area contributed by atoms with Gasteiger partial charge in [0.15, 0.2) is 18.7 Å². The number of aliphatic hydroxyl groups excluding tert-OH is 5. The summed E-state index contributed by atoms with van der Waals surface area (Å²) in [4.78, 5) is 11.7. The minimum absolute atomic E-state index is 0.860. The Labute approximate surface area is 183 Å². The minimum Gasteiger partial charge on any atom is -0.479 e. The maximum absolute atomic E-state index is 11.7. The van der Waals surface area contributed by atoms with E-state index < -0.39 is 89.8 Å². The third-order valence-electron chi connectivity index (χ3n) is 4.73. The van der Waals surface area contributed by atoms with Crippen molar-refractivity contribution < 1.29 is 67.4 Å². The molecule has 2 aliphatic rings. The molecule has 0 aromatic rings. The second-order valence-electron chi connectivity index (χ2n) is 8.40. The van der Waals surface area contributed by atoms with E-state index in [1.807, 2.05) is 0 Å². The van der Waals surface area contributed by atoms with Crippen LogP contribution in [0.3, 0.4) is 0 Å². The SMILES string of the molecule is CC(C)(C)O[C@@H]1C(C(=O)O)O[C@@H](O[C@@H]2C(CO)O[C@H](O)C(NS(=O)(=O)O)[C@@H]2O)C(O)[C@@H]1O. The molecule has 2 aliphatic heterocycles. The first-order valence-electron chi connectivity index (χ1n) is 9.50. The summed E-state index contributed by atoms with van der Waals surface area (Å²) in [5, 5.41) is 60.2. The Morgan fingerprint density at radius 2 is 1.62 bits per heavy atom. The summed E-state index contributed by atoms with van der Waals surface area (Å²) in [5.41, 5.74) is -0.920. The molecule has 0 bridgehead atoms. The topological polar surface area (TPSA) is 242 Å². The molecule has 0 aromatic carbocycles. The van der Waals surface area contributed by atoms with E-state index in [1.54, 1.807) is 20.8 Å². The van der Waals surface area contributed by atoms with Crippen LogP contribution >= 0.6 is 0 Å². The van der Waals surface area contributed by atoms with Crippen LogP contribution in [0.15, 0.2) is 0 Å². The van der Waals surface area contributed by atoms with Crippen molar-refractivity contribution in [1.82, 2.24) is 4.72 Å². The summed E-state index contributed by atoms with van der Waals surface area (Å²) in [6.45, 7) is 3.90. The molecule has 2 heterocycles. The molecule has 15 nitrogen and oxygen atoms in total. The van der Waals surface area contributed by atoms with E-state index in [1.165, 1.54) is 4.72 Å². The van der Waals surface area contributed by atoms with Crippen molar-refractivity contribution >= 4 is 16.3 Å². The molecule has 0 saturated carbocycles. The number of hydrogen-bond acceptors (Lipinski definition) is 12. The zero-order chi connectivity index (χ0) is 24.6. The second kappa shape index (κ2) is 10.1. The average Bonchev–Trinajstić information content (AvgIpc) is 2.64. The molecule has 0 spiro atoms. The summed E-state index contributed by atoms with van der Waals surface area (Å²) < 4.78 is 53.8. The van der Waals surface area contributed by atoms with E-state index in [0.717, 1.165) is 0 Å². The van der Waals surface area contributed by atoms with Crippen molar-refractivity contribution in [2.75, 3.05) is 6.61 Å². The highest BCUT2D eigenvalue weighted by Gasteiger charge is 2.53. The highest BCUT2D eigenvalue weighted by Crippen LogP contribution is 2.31. The van der Waals surface area contributed by atoms with Gasteiger partial charge in [0.25, 0.3) is 0 Å². The van der Waals surface area contributed by atoms with Gasteiger partial charge >= 0.3 is 16.3 Å². The Balaban J connectivity index is 2.27. The third-order valence-corrected chi connectivity index (χ3v) is 5.30. The van der Waals surface area contributed by atoms with Gasteiger partial charge in [0.2, 0.25) is 0 Å². The first-order valence-corrected chi connectivity index (χ1v) is 10.9. The van der Waals surface area contributed by atoms with Gasteiger partial charge in [-0.3, -0.25) is 4.55 Å². The zero-order valence-electron chi connectivity index (χ0n) is 17.4. The van der Waals surface area contributed by atoms with Gasteiger partial charge in [0.05, 0.1) is 12.2 Å². The number of aliphatic hydroxyl groups is 5. The van der Waals surface area contributed by atoms with E-state index in [-0.39, 0.29) is 0 Å². The molecule has 2 saturated heterocycles. The fourth-order valence-electron chi connectivity index (χ4n) is 3.39. The number of nitrogens with one attached hydrogen (secondary N) is 1. The number of carbonyl (C=O) groups is 1. The molecule has 0 amide bonds. The third kappa shape index (κ3) is 6.52. The predicted molar refractivity (Wildman–Crippen MR) is 100 cm³/mol. The van der Waals surface area contributed by atoms with Crippen LogP contribution in [0.1, 0.15) is 20.8 Å². The van der Waals surface area contributed by atoms with Crippen LogP contribution in [-0.4, -0.2) is 123 Å². The van der Waals surface area contributed by atoms with Crippen LogP contribution in [0.4, 0.5) is 0 Å². The van der Waals surface area contributed by atoms with Crippen molar-refractivity contribution in [1.29, 1.82) is 0 Å². The summed E-state index contributed by atoms with van der Waals surface area (Å²) in [5.74, 6) is -1.56. The Bertz CT molecular complexity index is 756. The Morgan fingerprint density at radius 3 is 2.09 bits per heavy atom. The molecule has 2 rings (SSSR count). The maximum Gasteiger partial charge on any atom is 0.335 e. The average molecular weight is 491 g/mol. The van der Waals surface area contributed by atoms with Gasteiger partial charge in [0, 0.05) is 0 Å². The van der Waals surface area contributed by atoms with Gasteiger partial charge in [-0.05, 0) is 20.8 Å². The van der Waals surface area contributed by atoms with Gasteiger partial charge in [-0.25, -0.2) is 4.79 Å². The van der Waals surface area contributed by atoms with E-state index in [9.17, 15) is 43.9 Å². The summed E-state index contributed by atoms with van der Waals surface area (Å²) in [6.07, 6.45) is -16.1. The van der Waals surface area contributed by atoms with Crippen molar-refractivity contribution in [2.45, 2.75) is 87.7 Å². The number of hydrogen-bond donors (Lipinski definition) is 8. The quantitative estimate of drug-likeness (QED) is 0.158. The normalized spacial score (nSPS) is 41.4. The number of ether oxygens (including phenoxy) is 4. The van der Waals surface area contributed by atoms with Gasteiger partial charge < -0.3 is 49.6 Å². The molecule has 2 fully saturated rings. The number of aliphatic carboxylic acids is 1. The summed E-state index contributed by atoms with van der Waals surface area (Å²) in [7, 11) is -4.92. The second-order valence-corrected chi connectivity index (χ2v) is 9.58. The molecular weight excluding hydrogens is 462 g/mol. The standard InChI is InChI=1S/C16H29NO14S/c1-16(2,3)31-11-8(20)9(21)15(30-12(11)13(22)23)29-10-5(4-18)28-14(24)6(7(10)19)17-32(25,26)27/h5-12,14-15,17-21,24H,4H2,1-3H3,(H,22,23)(H,25,26,27)/t5?,6?,7-,8-,9?,10+,11-,12?,14-,15+/m0/s1. The minimum atomic E-state index is -4.92.